The number of para-hydroxylation sites is 1. The largest absolute Gasteiger partial charge is 0.391 e. The normalized spacial score (nSPS) is 20.3. The van der Waals surface area contributed by atoms with E-state index < -0.39 is 6.10 Å². The molecule has 2 heterocycles. The number of rotatable bonds is 1. The number of aliphatic hydroxyl groups excluding tert-OH is 1. The molecule has 2 aromatic rings. The number of β-amino-alcohol motifs (C(OH)–C–C–N with tert-alkyl or cyclic N) is 1. The van der Waals surface area contributed by atoms with Crippen LogP contribution in [0.2, 0.25) is 0 Å². The van der Waals surface area contributed by atoms with Gasteiger partial charge in [0.15, 0.2) is 0 Å². The van der Waals surface area contributed by atoms with Crippen LogP contribution >= 0.6 is 0 Å². The van der Waals surface area contributed by atoms with E-state index >= 15 is 0 Å². The van der Waals surface area contributed by atoms with Gasteiger partial charge in [0, 0.05) is 18.5 Å². The summed E-state index contributed by atoms with van der Waals surface area (Å²) in [6, 6.07) is 5.57. The number of nitrogens with zero attached hydrogens (tertiary/aromatic N) is 2. The summed E-state index contributed by atoms with van der Waals surface area (Å²) >= 11 is 0. The van der Waals surface area contributed by atoms with E-state index in [9.17, 15) is 9.90 Å². The van der Waals surface area contributed by atoms with Gasteiger partial charge >= 0.3 is 0 Å². The van der Waals surface area contributed by atoms with Crippen molar-refractivity contribution in [3.05, 3.63) is 30.0 Å². The van der Waals surface area contributed by atoms with Crippen LogP contribution in [0.15, 0.2) is 24.4 Å². The minimum atomic E-state index is -0.399. The third-order valence-electron chi connectivity index (χ3n) is 3.39. The molecule has 1 amide bonds. The number of aromatic nitrogens is 2. The molecule has 0 spiro atoms. The lowest BCUT2D eigenvalue weighted by Crippen LogP contribution is -2.42. The Balaban J connectivity index is 1.94. The summed E-state index contributed by atoms with van der Waals surface area (Å²) in [6.07, 6.45) is 2.94. The molecule has 94 valence electrons. The Hall–Kier alpha value is -1.88. The summed E-state index contributed by atoms with van der Waals surface area (Å²) in [5.41, 5.74) is 1.39. The van der Waals surface area contributed by atoms with E-state index in [1.165, 1.54) is 0 Å². The summed E-state index contributed by atoms with van der Waals surface area (Å²) in [5, 5.41) is 17.4. The van der Waals surface area contributed by atoms with Crippen LogP contribution in [0.5, 0.6) is 0 Å². The number of carbonyl (C=O) groups excluding carboxylic acids is 1. The van der Waals surface area contributed by atoms with Crippen LogP contribution in [0.3, 0.4) is 0 Å². The number of likely N-dealkylation sites (tertiary alicyclic amines) is 1. The molecular weight excluding hydrogens is 230 g/mol. The van der Waals surface area contributed by atoms with Crippen LogP contribution in [0.4, 0.5) is 0 Å². The molecule has 3 rings (SSSR count). The summed E-state index contributed by atoms with van der Waals surface area (Å²) in [7, 11) is 0. The Kier molecular flexibility index (Phi) is 2.76. The van der Waals surface area contributed by atoms with Crippen LogP contribution in [0, 0.1) is 0 Å². The average molecular weight is 245 g/mol. The predicted molar refractivity (Wildman–Crippen MR) is 67.2 cm³/mol. The first-order valence-electron chi connectivity index (χ1n) is 6.15. The minimum absolute atomic E-state index is 0.0383. The van der Waals surface area contributed by atoms with Gasteiger partial charge in [-0.05, 0) is 18.9 Å². The third kappa shape index (κ3) is 1.86. The van der Waals surface area contributed by atoms with E-state index in [0.717, 1.165) is 23.7 Å². The van der Waals surface area contributed by atoms with Crippen molar-refractivity contribution in [1.29, 1.82) is 0 Å². The fraction of sp³-hybridized carbons (Fsp3) is 0.385. The van der Waals surface area contributed by atoms with E-state index in [-0.39, 0.29) is 5.91 Å². The van der Waals surface area contributed by atoms with Crippen molar-refractivity contribution >= 4 is 16.8 Å². The highest BCUT2D eigenvalue weighted by Crippen LogP contribution is 2.19. The van der Waals surface area contributed by atoms with Gasteiger partial charge in [-0.2, -0.15) is 5.10 Å². The van der Waals surface area contributed by atoms with Crippen molar-refractivity contribution < 1.29 is 9.90 Å². The maximum absolute atomic E-state index is 12.4. The second-order valence-corrected chi connectivity index (χ2v) is 4.69. The van der Waals surface area contributed by atoms with Gasteiger partial charge in [-0.1, -0.05) is 12.1 Å². The quantitative estimate of drug-likeness (QED) is 0.792. The second kappa shape index (κ2) is 4.42. The molecule has 0 bridgehead atoms. The van der Waals surface area contributed by atoms with Crippen LogP contribution in [0.1, 0.15) is 23.2 Å². The Labute approximate surface area is 104 Å². The Morgan fingerprint density at radius 2 is 2.39 bits per heavy atom. The molecule has 1 saturated heterocycles. The van der Waals surface area contributed by atoms with E-state index in [1.807, 2.05) is 12.1 Å². The van der Waals surface area contributed by atoms with E-state index in [1.54, 1.807) is 17.2 Å². The Morgan fingerprint density at radius 3 is 3.22 bits per heavy atom. The van der Waals surface area contributed by atoms with Crippen molar-refractivity contribution in [2.24, 2.45) is 0 Å². The highest BCUT2D eigenvalue weighted by molar-refractivity contribution is 6.05. The number of carbonyl (C=O) groups is 1. The molecule has 1 unspecified atom stereocenters. The lowest BCUT2D eigenvalue weighted by Gasteiger charge is -2.30. The second-order valence-electron chi connectivity index (χ2n) is 4.69. The summed E-state index contributed by atoms with van der Waals surface area (Å²) in [6.45, 7) is 1.13. The molecule has 1 fully saturated rings. The molecule has 1 aromatic heterocycles. The van der Waals surface area contributed by atoms with E-state index in [0.29, 0.717) is 18.7 Å². The molecule has 0 radical (unpaired) electrons. The first-order valence-corrected chi connectivity index (χ1v) is 6.15. The van der Waals surface area contributed by atoms with Crippen LogP contribution in [-0.4, -0.2) is 45.3 Å². The van der Waals surface area contributed by atoms with E-state index in [2.05, 4.69) is 10.2 Å². The number of fused-ring (bicyclic) bond motifs is 1. The summed E-state index contributed by atoms with van der Waals surface area (Å²) in [4.78, 5) is 14.1. The van der Waals surface area contributed by atoms with Gasteiger partial charge in [0.1, 0.15) is 0 Å². The zero-order valence-corrected chi connectivity index (χ0v) is 9.97. The first kappa shape index (κ1) is 11.2. The number of piperidine rings is 1. The van der Waals surface area contributed by atoms with Crippen molar-refractivity contribution in [2.45, 2.75) is 18.9 Å². The van der Waals surface area contributed by atoms with E-state index in [4.69, 9.17) is 0 Å². The molecule has 5 heteroatoms. The minimum Gasteiger partial charge on any atom is -0.391 e. The van der Waals surface area contributed by atoms with Gasteiger partial charge in [-0.3, -0.25) is 9.89 Å². The molecule has 0 saturated carbocycles. The zero-order chi connectivity index (χ0) is 12.5. The van der Waals surface area contributed by atoms with Crippen molar-refractivity contribution in [2.75, 3.05) is 13.1 Å². The molecule has 1 aromatic carbocycles. The molecule has 5 nitrogen and oxygen atoms in total. The highest BCUT2D eigenvalue weighted by Gasteiger charge is 2.24. The Morgan fingerprint density at radius 1 is 1.50 bits per heavy atom. The molecule has 1 aliphatic rings. The van der Waals surface area contributed by atoms with Gasteiger partial charge in [0.05, 0.1) is 23.4 Å². The number of amides is 1. The summed E-state index contributed by atoms with van der Waals surface area (Å²) < 4.78 is 0. The fourth-order valence-electron chi connectivity index (χ4n) is 2.46. The Bertz CT molecular complexity index is 578. The number of aromatic amines is 1. The van der Waals surface area contributed by atoms with Gasteiger partial charge in [-0.25, -0.2) is 0 Å². The number of H-pyrrole nitrogens is 1. The SMILES string of the molecule is O=C(c1cccc2cn[nH]c12)N1CCCC(O)C1. The molecular formula is C13H15N3O2. The van der Waals surface area contributed by atoms with Gasteiger partial charge in [0.2, 0.25) is 0 Å². The number of hydrogen-bond donors (Lipinski definition) is 2. The monoisotopic (exact) mass is 245 g/mol. The summed E-state index contributed by atoms with van der Waals surface area (Å²) in [5.74, 6) is -0.0383. The number of hydrogen-bond acceptors (Lipinski definition) is 3. The number of aliphatic hydroxyl groups is 1. The molecule has 18 heavy (non-hydrogen) atoms. The van der Waals surface area contributed by atoms with Crippen molar-refractivity contribution in [3.63, 3.8) is 0 Å². The third-order valence-corrected chi connectivity index (χ3v) is 3.39. The topological polar surface area (TPSA) is 69.2 Å². The fourth-order valence-corrected chi connectivity index (χ4v) is 2.46. The highest BCUT2D eigenvalue weighted by atomic mass is 16.3. The van der Waals surface area contributed by atoms with Crippen molar-refractivity contribution in [1.82, 2.24) is 15.1 Å². The number of benzene rings is 1. The predicted octanol–water partition coefficient (Wildman–Crippen LogP) is 1.16. The van der Waals surface area contributed by atoms with Gasteiger partial charge in [-0.15, -0.1) is 0 Å². The molecule has 1 aliphatic heterocycles. The lowest BCUT2D eigenvalue weighted by molar-refractivity contribution is 0.0475. The standard InChI is InChI=1S/C13H15N3O2/c17-10-4-2-6-16(8-10)13(18)11-5-1-3-9-7-14-15-12(9)11/h1,3,5,7,10,17H,2,4,6,8H2,(H,14,15). The van der Waals surface area contributed by atoms with Gasteiger partial charge < -0.3 is 10.0 Å². The molecule has 2 N–H and O–H groups in total. The average Bonchev–Trinajstić information content (AvgIpc) is 2.86. The lowest BCUT2D eigenvalue weighted by atomic mass is 10.1. The molecule has 1 atom stereocenters. The van der Waals surface area contributed by atoms with Crippen LogP contribution < -0.4 is 0 Å². The molecule has 0 aliphatic carbocycles. The smallest absolute Gasteiger partial charge is 0.256 e. The number of nitrogens with one attached hydrogen (secondary N) is 1. The first-order chi connectivity index (χ1) is 8.75. The van der Waals surface area contributed by atoms with Gasteiger partial charge in [0.25, 0.3) is 5.91 Å². The maximum atomic E-state index is 12.4. The zero-order valence-electron chi connectivity index (χ0n) is 9.97. The maximum Gasteiger partial charge on any atom is 0.256 e. The van der Waals surface area contributed by atoms with Crippen LogP contribution in [0.25, 0.3) is 10.9 Å². The van der Waals surface area contributed by atoms with Crippen LogP contribution in [-0.2, 0) is 0 Å². The van der Waals surface area contributed by atoms with Crippen molar-refractivity contribution in [3.8, 4) is 0 Å².